The van der Waals surface area contributed by atoms with Gasteiger partial charge in [-0.2, -0.15) is 0 Å². The number of rotatable bonds is 4. The second-order valence-corrected chi connectivity index (χ2v) is 5.95. The molecular formula is C16H24FNO. The summed E-state index contributed by atoms with van der Waals surface area (Å²) in [5.41, 5.74) is 0.693. The van der Waals surface area contributed by atoms with E-state index in [1.807, 2.05) is 12.1 Å². The Morgan fingerprint density at radius 3 is 2.79 bits per heavy atom. The number of benzene rings is 1. The Hall–Kier alpha value is -0.930. The van der Waals surface area contributed by atoms with Gasteiger partial charge in [0.25, 0.3) is 0 Å². The van der Waals surface area contributed by atoms with Gasteiger partial charge in [0.1, 0.15) is 5.82 Å². The highest BCUT2D eigenvalue weighted by Gasteiger charge is 2.30. The molecule has 1 aliphatic heterocycles. The molecule has 0 spiro atoms. The number of hydrogen-bond acceptors (Lipinski definition) is 2. The van der Waals surface area contributed by atoms with Crippen molar-refractivity contribution in [2.45, 2.75) is 57.7 Å². The number of ether oxygens (including phenoxy) is 1. The summed E-state index contributed by atoms with van der Waals surface area (Å²) in [7, 11) is 0. The minimum Gasteiger partial charge on any atom is -0.375 e. The third-order valence-corrected chi connectivity index (χ3v) is 3.82. The zero-order chi connectivity index (χ0) is 13.9. The maximum absolute atomic E-state index is 13.9. The zero-order valence-corrected chi connectivity index (χ0v) is 12.1. The quantitative estimate of drug-likeness (QED) is 0.893. The van der Waals surface area contributed by atoms with E-state index in [-0.39, 0.29) is 17.5 Å². The van der Waals surface area contributed by atoms with Crippen LogP contribution in [0.3, 0.4) is 0 Å². The standard InChI is InChI=1S/C16H24FNO/c1-4-15(13-7-5-6-8-14(13)17)18-12-9-10-19-16(2,3)11-12/h5-8,12,15,18H,4,9-11H2,1-3H3. The normalized spacial score (nSPS) is 24.1. The molecule has 1 aromatic carbocycles. The van der Waals surface area contributed by atoms with Crippen molar-refractivity contribution in [3.63, 3.8) is 0 Å². The molecular weight excluding hydrogens is 241 g/mol. The van der Waals surface area contributed by atoms with Crippen LogP contribution in [-0.4, -0.2) is 18.2 Å². The van der Waals surface area contributed by atoms with Crippen molar-refractivity contribution < 1.29 is 9.13 Å². The molecule has 1 aliphatic rings. The minimum absolute atomic E-state index is 0.0799. The summed E-state index contributed by atoms with van der Waals surface area (Å²) in [5, 5.41) is 3.60. The van der Waals surface area contributed by atoms with Crippen molar-refractivity contribution >= 4 is 0 Å². The van der Waals surface area contributed by atoms with E-state index in [0.717, 1.165) is 31.4 Å². The largest absolute Gasteiger partial charge is 0.375 e. The molecule has 0 amide bonds. The van der Waals surface area contributed by atoms with Gasteiger partial charge in [-0.15, -0.1) is 0 Å². The first-order chi connectivity index (χ1) is 9.02. The molecule has 106 valence electrons. The molecule has 1 fully saturated rings. The Morgan fingerprint density at radius 1 is 1.42 bits per heavy atom. The molecule has 2 unspecified atom stereocenters. The third-order valence-electron chi connectivity index (χ3n) is 3.82. The summed E-state index contributed by atoms with van der Waals surface area (Å²) in [6, 6.07) is 7.53. The first-order valence-corrected chi connectivity index (χ1v) is 7.16. The van der Waals surface area contributed by atoms with Gasteiger partial charge in [-0.3, -0.25) is 0 Å². The number of hydrogen-bond donors (Lipinski definition) is 1. The molecule has 0 radical (unpaired) electrons. The molecule has 1 saturated heterocycles. The number of nitrogens with one attached hydrogen (secondary N) is 1. The van der Waals surface area contributed by atoms with Crippen LogP contribution in [0.2, 0.25) is 0 Å². The molecule has 0 aliphatic carbocycles. The van der Waals surface area contributed by atoms with Gasteiger partial charge in [-0.05, 0) is 39.2 Å². The highest BCUT2D eigenvalue weighted by Crippen LogP contribution is 2.27. The molecule has 2 rings (SSSR count). The first kappa shape index (κ1) is 14.5. The Bertz CT molecular complexity index is 419. The smallest absolute Gasteiger partial charge is 0.127 e. The molecule has 19 heavy (non-hydrogen) atoms. The van der Waals surface area contributed by atoms with Crippen LogP contribution in [0.4, 0.5) is 4.39 Å². The van der Waals surface area contributed by atoms with E-state index in [2.05, 4.69) is 26.1 Å². The van der Waals surface area contributed by atoms with Crippen LogP contribution in [0.5, 0.6) is 0 Å². The average Bonchev–Trinajstić information content (AvgIpc) is 2.36. The average molecular weight is 265 g/mol. The van der Waals surface area contributed by atoms with Gasteiger partial charge in [-0.1, -0.05) is 25.1 Å². The van der Waals surface area contributed by atoms with Crippen LogP contribution in [0.15, 0.2) is 24.3 Å². The summed E-state index contributed by atoms with van der Waals surface area (Å²) in [6.07, 6.45) is 2.85. The molecule has 2 nitrogen and oxygen atoms in total. The van der Waals surface area contributed by atoms with E-state index < -0.39 is 0 Å². The van der Waals surface area contributed by atoms with E-state index >= 15 is 0 Å². The second kappa shape index (κ2) is 6.02. The third kappa shape index (κ3) is 3.77. The maximum Gasteiger partial charge on any atom is 0.127 e. The Kier molecular flexibility index (Phi) is 4.58. The first-order valence-electron chi connectivity index (χ1n) is 7.16. The lowest BCUT2D eigenvalue weighted by Crippen LogP contribution is -2.44. The van der Waals surface area contributed by atoms with E-state index in [0.29, 0.717) is 6.04 Å². The van der Waals surface area contributed by atoms with E-state index in [4.69, 9.17) is 4.74 Å². The highest BCUT2D eigenvalue weighted by atomic mass is 19.1. The molecule has 0 bridgehead atoms. The predicted octanol–water partition coefficient (Wildman–Crippen LogP) is 3.82. The fourth-order valence-corrected chi connectivity index (χ4v) is 2.84. The fourth-order valence-electron chi connectivity index (χ4n) is 2.84. The lowest BCUT2D eigenvalue weighted by Gasteiger charge is -2.37. The van der Waals surface area contributed by atoms with Crippen LogP contribution in [0.25, 0.3) is 0 Å². The topological polar surface area (TPSA) is 21.3 Å². The summed E-state index contributed by atoms with van der Waals surface area (Å²) in [4.78, 5) is 0. The van der Waals surface area contributed by atoms with Gasteiger partial charge in [0, 0.05) is 24.3 Å². The lowest BCUT2D eigenvalue weighted by atomic mass is 9.92. The monoisotopic (exact) mass is 265 g/mol. The van der Waals surface area contributed by atoms with Crippen LogP contribution in [0, 0.1) is 5.82 Å². The summed E-state index contributed by atoms with van der Waals surface area (Å²) < 4.78 is 19.6. The Labute approximate surface area is 115 Å². The molecule has 2 atom stereocenters. The molecule has 0 saturated carbocycles. The van der Waals surface area contributed by atoms with E-state index in [9.17, 15) is 4.39 Å². The minimum atomic E-state index is -0.117. The van der Waals surface area contributed by atoms with E-state index in [1.165, 1.54) is 6.07 Å². The molecule has 1 aromatic rings. The van der Waals surface area contributed by atoms with Crippen molar-refractivity contribution in [1.82, 2.24) is 5.32 Å². The molecule has 1 N–H and O–H groups in total. The number of halogens is 1. The van der Waals surface area contributed by atoms with Crippen LogP contribution < -0.4 is 5.32 Å². The van der Waals surface area contributed by atoms with Gasteiger partial charge >= 0.3 is 0 Å². The fraction of sp³-hybridized carbons (Fsp3) is 0.625. The molecule has 0 aromatic heterocycles. The SMILES string of the molecule is CCC(NC1CCOC(C)(C)C1)c1ccccc1F. The molecule has 3 heteroatoms. The summed E-state index contributed by atoms with van der Waals surface area (Å²) >= 11 is 0. The predicted molar refractivity (Wildman–Crippen MR) is 75.6 cm³/mol. The van der Waals surface area contributed by atoms with Crippen molar-refractivity contribution in [3.8, 4) is 0 Å². The van der Waals surface area contributed by atoms with Crippen molar-refractivity contribution in [1.29, 1.82) is 0 Å². The summed E-state index contributed by atoms with van der Waals surface area (Å²) in [5.74, 6) is -0.117. The van der Waals surface area contributed by atoms with Gasteiger partial charge in [0.05, 0.1) is 5.60 Å². The lowest BCUT2D eigenvalue weighted by molar-refractivity contribution is -0.0643. The van der Waals surface area contributed by atoms with Crippen LogP contribution in [0.1, 0.15) is 51.6 Å². The van der Waals surface area contributed by atoms with Gasteiger partial charge < -0.3 is 10.1 Å². The van der Waals surface area contributed by atoms with Gasteiger partial charge in [0.15, 0.2) is 0 Å². The van der Waals surface area contributed by atoms with Gasteiger partial charge in [0.2, 0.25) is 0 Å². The highest BCUT2D eigenvalue weighted by molar-refractivity contribution is 5.21. The maximum atomic E-state index is 13.9. The Balaban J connectivity index is 2.05. The second-order valence-electron chi connectivity index (χ2n) is 5.95. The summed E-state index contributed by atoms with van der Waals surface area (Å²) in [6.45, 7) is 7.10. The van der Waals surface area contributed by atoms with Crippen molar-refractivity contribution in [2.75, 3.05) is 6.61 Å². The van der Waals surface area contributed by atoms with Crippen molar-refractivity contribution in [2.24, 2.45) is 0 Å². The molecule has 1 heterocycles. The van der Waals surface area contributed by atoms with Gasteiger partial charge in [-0.25, -0.2) is 4.39 Å². The van der Waals surface area contributed by atoms with Crippen LogP contribution in [-0.2, 0) is 4.74 Å². The zero-order valence-electron chi connectivity index (χ0n) is 12.1. The van der Waals surface area contributed by atoms with E-state index in [1.54, 1.807) is 6.07 Å². The van der Waals surface area contributed by atoms with Crippen LogP contribution >= 0.6 is 0 Å². The van der Waals surface area contributed by atoms with Crippen molar-refractivity contribution in [3.05, 3.63) is 35.6 Å². The Morgan fingerprint density at radius 2 is 2.16 bits per heavy atom.